The van der Waals surface area contributed by atoms with E-state index in [1.54, 1.807) is 4.68 Å². The molecule has 1 aliphatic heterocycles. The van der Waals surface area contributed by atoms with Crippen molar-refractivity contribution in [2.75, 3.05) is 11.2 Å². The normalized spacial score (nSPS) is 19.9. The molecule has 1 aromatic rings. The molecule has 1 atom stereocenters. The lowest BCUT2D eigenvalue weighted by molar-refractivity contribution is -0.137. The smallest absolute Gasteiger partial charge is 0.305 e. The molecule has 76 valence electrons. The highest BCUT2D eigenvalue weighted by Crippen LogP contribution is 2.22. The van der Waals surface area contributed by atoms with Crippen LogP contribution in [0.2, 0.25) is 0 Å². The minimum absolute atomic E-state index is 0.0558. The van der Waals surface area contributed by atoms with Gasteiger partial charge in [-0.05, 0) is 6.92 Å². The van der Waals surface area contributed by atoms with E-state index in [2.05, 4.69) is 15.6 Å². The summed E-state index contributed by atoms with van der Waals surface area (Å²) in [6.45, 7) is 1.83. The first-order valence-corrected chi connectivity index (χ1v) is 5.18. The SMILES string of the molecule is Cc1nnc2n1NC(CC(=O)O)CS2. The maximum Gasteiger partial charge on any atom is 0.305 e. The standard InChI is InChI=1S/C7H10N4O2S/c1-4-8-9-7-11(4)10-5(3-14-7)2-6(12)13/h5,10H,2-3H2,1H3,(H,12,13). The monoisotopic (exact) mass is 214 g/mol. The topological polar surface area (TPSA) is 80.0 Å². The van der Waals surface area contributed by atoms with Gasteiger partial charge in [-0.1, -0.05) is 11.8 Å². The van der Waals surface area contributed by atoms with Gasteiger partial charge < -0.3 is 10.5 Å². The Balaban J connectivity index is 2.12. The summed E-state index contributed by atoms with van der Waals surface area (Å²) in [5.74, 6) is 0.671. The molecule has 0 saturated carbocycles. The van der Waals surface area contributed by atoms with Gasteiger partial charge in [-0.3, -0.25) is 4.79 Å². The van der Waals surface area contributed by atoms with Gasteiger partial charge in [0.05, 0.1) is 12.5 Å². The van der Waals surface area contributed by atoms with Crippen molar-refractivity contribution in [2.24, 2.45) is 0 Å². The summed E-state index contributed by atoms with van der Waals surface area (Å²) in [5, 5.41) is 17.3. The zero-order valence-electron chi connectivity index (χ0n) is 7.60. The Morgan fingerprint density at radius 1 is 1.79 bits per heavy atom. The van der Waals surface area contributed by atoms with E-state index < -0.39 is 5.97 Å². The van der Waals surface area contributed by atoms with E-state index in [0.717, 1.165) is 11.0 Å². The molecule has 0 spiro atoms. The zero-order valence-corrected chi connectivity index (χ0v) is 8.41. The largest absolute Gasteiger partial charge is 0.481 e. The lowest BCUT2D eigenvalue weighted by Gasteiger charge is -2.24. The summed E-state index contributed by atoms with van der Waals surface area (Å²) in [6, 6.07) is -0.0558. The van der Waals surface area contributed by atoms with Gasteiger partial charge in [0.15, 0.2) is 0 Å². The highest BCUT2D eigenvalue weighted by Gasteiger charge is 2.22. The first kappa shape index (κ1) is 9.32. The Hall–Kier alpha value is -1.24. The average molecular weight is 214 g/mol. The maximum absolute atomic E-state index is 10.5. The molecule has 2 heterocycles. The van der Waals surface area contributed by atoms with Crippen LogP contribution < -0.4 is 5.43 Å². The molecule has 0 radical (unpaired) electrons. The number of nitrogens with one attached hydrogen (secondary N) is 1. The number of aryl methyl sites for hydroxylation is 1. The second-order valence-corrected chi connectivity index (χ2v) is 4.09. The van der Waals surface area contributed by atoms with Crippen LogP contribution in [-0.2, 0) is 4.79 Å². The van der Waals surface area contributed by atoms with Gasteiger partial charge in [0.2, 0.25) is 5.16 Å². The molecule has 0 aromatic carbocycles. The van der Waals surface area contributed by atoms with Gasteiger partial charge in [0.25, 0.3) is 0 Å². The molecule has 0 amide bonds. The fraction of sp³-hybridized carbons (Fsp3) is 0.571. The van der Waals surface area contributed by atoms with Crippen LogP contribution in [-0.4, -0.2) is 37.7 Å². The highest BCUT2D eigenvalue weighted by molar-refractivity contribution is 7.99. The average Bonchev–Trinajstić information content (AvgIpc) is 2.47. The molecule has 2 N–H and O–H groups in total. The molecule has 0 fully saturated rings. The number of rotatable bonds is 2. The van der Waals surface area contributed by atoms with Crippen molar-refractivity contribution in [1.29, 1.82) is 0 Å². The summed E-state index contributed by atoms with van der Waals surface area (Å²) in [5.41, 5.74) is 3.07. The molecule has 7 heteroatoms. The van der Waals surface area contributed by atoms with E-state index in [9.17, 15) is 4.79 Å². The summed E-state index contributed by atoms with van der Waals surface area (Å²) < 4.78 is 1.74. The minimum atomic E-state index is -0.794. The molecular weight excluding hydrogens is 204 g/mol. The summed E-state index contributed by atoms with van der Waals surface area (Å²) in [4.78, 5) is 10.5. The summed E-state index contributed by atoms with van der Waals surface area (Å²) in [6.07, 6.45) is 0.115. The third-order valence-corrected chi connectivity index (χ3v) is 3.03. The van der Waals surface area contributed by atoms with Crippen LogP contribution in [0.4, 0.5) is 0 Å². The second-order valence-electron chi connectivity index (χ2n) is 3.10. The van der Waals surface area contributed by atoms with Crippen LogP contribution >= 0.6 is 11.8 Å². The zero-order chi connectivity index (χ0) is 10.1. The van der Waals surface area contributed by atoms with E-state index >= 15 is 0 Å². The number of carboxylic acids is 1. The van der Waals surface area contributed by atoms with E-state index in [0.29, 0.717) is 5.75 Å². The molecule has 2 rings (SSSR count). The van der Waals surface area contributed by atoms with Gasteiger partial charge in [-0.2, -0.15) is 0 Å². The van der Waals surface area contributed by atoms with Crippen LogP contribution in [0.3, 0.4) is 0 Å². The van der Waals surface area contributed by atoms with Gasteiger partial charge in [-0.15, -0.1) is 10.2 Å². The number of carboxylic acid groups (broad SMARTS) is 1. The molecule has 0 aliphatic carbocycles. The van der Waals surface area contributed by atoms with Crippen LogP contribution in [0.25, 0.3) is 0 Å². The maximum atomic E-state index is 10.5. The number of hydrogen-bond donors (Lipinski definition) is 2. The fourth-order valence-electron chi connectivity index (χ4n) is 1.30. The Labute approximate surface area is 84.7 Å². The minimum Gasteiger partial charge on any atom is -0.481 e. The van der Waals surface area contributed by atoms with Crippen molar-refractivity contribution in [1.82, 2.24) is 14.9 Å². The molecule has 0 saturated heterocycles. The number of thioether (sulfide) groups is 1. The molecule has 0 bridgehead atoms. The highest BCUT2D eigenvalue weighted by atomic mass is 32.2. The van der Waals surface area contributed by atoms with E-state index in [4.69, 9.17) is 5.11 Å². The number of aliphatic carboxylic acids is 1. The Bertz CT molecular complexity index is 365. The number of nitrogens with zero attached hydrogens (tertiary/aromatic N) is 3. The van der Waals surface area contributed by atoms with Gasteiger partial charge in [0, 0.05) is 5.75 Å². The predicted molar refractivity (Wildman–Crippen MR) is 50.9 cm³/mol. The molecule has 1 aromatic heterocycles. The Kier molecular flexibility index (Phi) is 2.32. The first-order chi connectivity index (χ1) is 6.66. The predicted octanol–water partition coefficient (Wildman–Crippen LogP) is 0.0790. The van der Waals surface area contributed by atoms with Crippen LogP contribution in [0, 0.1) is 6.92 Å². The second kappa shape index (κ2) is 3.49. The summed E-state index contributed by atoms with van der Waals surface area (Å²) in [7, 11) is 0. The van der Waals surface area contributed by atoms with E-state index in [-0.39, 0.29) is 12.5 Å². The van der Waals surface area contributed by atoms with Gasteiger partial charge in [-0.25, -0.2) is 4.68 Å². The number of aromatic nitrogens is 3. The Morgan fingerprint density at radius 3 is 3.29 bits per heavy atom. The van der Waals surface area contributed by atoms with Crippen LogP contribution in [0.5, 0.6) is 0 Å². The van der Waals surface area contributed by atoms with E-state index in [1.165, 1.54) is 11.8 Å². The quantitative estimate of drug-likeness (QED) is 0.725. The van der Waals surface area contributed by atoms with Crippen molar-refractivity contribution in [3.8, 4) is 0 Å². The number of fused-ring (bicyclic) bond motifs is 1. The van der Waals surface area contributed by atoms with Gasteiger partial charge >= 0.3 is 5.97 Å². The van der Waals surface area contributed by atoms with Crippen LogP contribution in [0.15, 0.2) is 5.16 Å². The molecule has 1 unspecified atom stereocenters. The molecule has 6 nitrogen and oxygen atoms in total. The lowest BCUT2D eigenvalue weighted by atomic mass is 10.2. The van der Waals surface area contributed by atoms with Crippen molar-refractivity contribution < 1.29 is 9.90 Å². The lowest BCUT2D eigenvalue weighted by Crippen LogP contribution is -2.36. The van der Waals surface area contributed by atoms with Crippen molar-refractivity contribution >= 4 is 17.7 Å². The van der Waals surface area contributed by atoms with Crippen molar-refractivity contribution in [3.05, 3.63) is 5.82 Å². The summed E-state index contributed by atoms with van der Waals surface area (Å²) >= 11 is 1.52. The Morgan fingerprint density at radius 2 is 2.57 bits per heavy atom. The third kappa shape index (κ3) is 1.67. The first-order valence-electron chi connectivity index (χ1n) is 4.20. The number of hydrogen-bond acceptors (Lipinski definition) is 5. The third-order valence-electron chi connectivity index (χ3n) is 1.94. The van der Waals surface area contributed by atoms with Crippen molar-refractivity contribution in [3.63, 3.8) is 0 Å². The molecule has 14 heavy (non-hydrogen) atoms. The molecule has 1 aliphatic rings. The number of carbonyl (C=O) groups is 1. The van der Waals surface area contributed by atoms with Crippen LogP contribution in [0.1, 0.15) is 12.2 Å². The fourth-order valence-corrected chi connectivity index (χ4v) is 2.25. The van der Waals surface area contributed by atoms with E-state index in [1.807, 2.05) is 6.92 Å². The van der Waals surface area contributed by atoms with Crippen molar-refractivity contribution in [2.45, 2.75) is 24.5 Å². The molecular formula is C7H10N4O2S. The van der Waals surface area contributed by atoms with Gasteiger partial charge in [0.1, 0.15) is 5.82 Å².